The fourth-order valence-electron chi connectivity index (χ4n) is 8.27. The minimum Gasteiger partial charge on any atom is -0.490 e. The number of nitro groups is 1. The second-order valence-corrected chi connectivity index (χ2v) is 11.0. The van der Waals surface area contributed by atoms with Gasteiger partial charge in [0.25, 0.3) is 5.69 Å². The molecule has 7 atom stereocenters. The number of rotatable bonds is 3. The average molecular weight is 398 g/mol. The largest absolute Gasteiger partial charge is 0.490 e. The van der Waals surface area contributed by atoms with E-state index in [9.17, 15) is 10.1 Å². The third-order valence-electron chi connectivity index (χ3n) is 9.68. The Kier molecular flexibility index (Phi) is 4.67. The van der Waals surface area contributed by atoms with Gasteiger partial charge in [0.1, 0.15) is 11.9 Å². The van der Waals surface area contributed by atoms with Crippen LogP contribution >= 0.6 is 0 Å². The van der Waals surface area contributed by atoms with Gasteiger partial charge in [-0.1, -0.05) is 33.1 Å². The number of benzene rings is 1. The summed E-state index contributed by atoms with van der Waals surface area (Å²) in [6.07, 6.45) is 13.8. The van der Waals surface area contributed by atoms with Crippen molar-refractivity contribution in [3.8, 4) is 5.75 Å². The molecule has 4 saturated carbocycles. The molecular weight excluding hydrogens is 362 g/mol. The summed E-state index contributed by atoms with van der Waals surface area (Å²) in [5, 5.41) is 11.0. The van der Waals surface area contributed by atoms with Crippen LogP contribution in [0.1, 0.15) is 78.1 Å². The number of non-ortho nitro benzene ring substituents is 1. The van der Waals surface area contributed by atoms with Gasteiger partial charge < -0.3 is 4.74 Å². The van der Waals surface area contributed by atoms with Crippen LogP contribution in [0.2, 0.25) is 0 Å². The molecule has 0 N–H and O–H groups in total. The van der Waals surface area contributed by atoms with E-state index < -0.39 is 0 Å². The minimum atomic E-state index is -0.337. The molecule has 2 unspecified atom stereocenters. The van der Waals surface area contributed by atoms with Crippen molar-refractivity contribution in [1.29, 1.82) is 0 Å². The normalized spacial score (nSPS) is 43.7. The SMILES string of the molecule is C[C@@]12CCC[C@H]1[C@@H]1CC(Oc3ccc([N+](=O)[O-])cc3)C3CCCC[C@]3(C)[C@@H]1CC2. The standard InChI is InChI=1S/C25H35NO3/c1-24-13-5-7-20(24)19-16-23(29-18-10-8-17(9-11-18)26(27)28)22-6-3-4-14-25(22,2)21(19)12-15-24/h8-11,19-23H,3-7,12-16H2,1-2H3/t19-,20-,21+,22?,23?,24-,25+/m0/s1. The molecule has 29 heavy (non-hydrogen) atoms. The zero-order valence-corrected chi connectivity index (χ0v) is 17.9. The molecule has 4 aliphatic carbocycles. The summed E-state index contributed by atoms with van der Waals surface area (Å²) in [5.41, 5.74) is 1.09. The molecule has 0 radical (unpaired) electrons. The quantitative estimate of drug-likeness (QED) is 0.417. The number of ether oxygens (including phenoxy) is 1. The lowest BCUT2D eigenvalue weighted by Gasteiger charge is -2.61. The molecule has 0 bridgehead atoms. The molecule has 0 spiro atoms. The molecule has 0 aromatic heterocycles. The fraction of sp³-hybridized carbons (Fsp3) is 0.760. The zero-order chi connectivity index (χ0) is 20.2. The van der Waals surface area contributed by atoms with Crippen LogP contribution in [-0.4, -0.2) is 11.0 Å². The van der Waals surface area contributed by atoms with E-state index in [2.05, 4.69) is 13.8 Å². The summed E-state index contributed by atoms with van der Waals surface area (Å²) in [5.74, 6) is 3.94. The van der Waals surface area contributed by atoms with Crippen molar-refractivity contribution in [2.24, 2.45) is 34.5 Å². The first-order chi connectivity index (χ1) is 13.9. The van der Waals surface area contributed by atoms with E-state index in [1.54, 1.807) is 24.3 Å². The van der Waals surface area contributed by atoms with E-state index in [-0.39, 0.29) is 16.7 Å². The Hall–Kier alpha value is -1.58. The highest BCUT2D eigenvalue weighted by Crippen LogP contribution is 2.66. The molecular formula is C25H35NO3. The molecule has 0 amide bonds. The van der Waals surface area contributed by atoms with Gasteiger partial charge in [-0.15, -0.1) is 0 Å². The number of hydrogen-bond acceptors (Lipinski definition) is 3. The van der Waals surface area contributed by atoms with Gasteiger partial charge in [0.15, 0.2) is 0 Å². The first kappa shape index (κ1) is 19.4. The molecule has 1 aromatic rings. The van der Waals surface area contributed by atoms with Crippen molar-refractivity contribution in [2.75, 3.05) is 0 Å². The van der Waals surface area contributed by atoms with E-state index in [0.29, 0.717) is 16.7 Å². The summed E-state index contributed by atoms with van der Waals surface area (Å²) in [6, 6.07) is 6.75. The van der Waals surface area contributed by atoms with Gasteiger partial charge in [0.05, 0.1) is 4.92 Å². The highest BCUT2D eigenvalue weighted by atomic mass is 16.6. The number of hydrogen-bond donors (Lipinski definition) is 0. The lowest BCUT2D eigenvalue weighted by molar-refractivity contribution is -0.384. The molecule has 1 aromatic carbocycles. The minimum absolute atomic E-state index is 0.137. The van der Waals surface area contributed by atoms with Gasteiger partial charge in [-0.05, 0) is 85.7 Å². The Morgan fingerprint density at radius 2 is 1.69 bits per heavy atom. The summed E-state index contributed by atoms with van der Waals surface area (Å²) in [4.78, 5) is 10.7. The zero-order valence-electron chi connectivity index (χ0n) is 17.9. The Labute approximate surface area is 174 Å². The third kappa shape index (κ3) is 3.09. The highest BCUT2D eigenvalue weighted by Gasteiger charge is 2.60. The Morgan fingerprint density at radius 1 is 0.931 bits per heavy atom. The highest BCUT2D eigenvalue weighted by molar-refractivity contribution is 5.36. The fourth-order valence-corrected chi connectivity index (χ4v) is 8.27. The predicted molar refractivity (Wildman–Crippen MR) is 114 cm³/mol. The van der Waals surface area contributed by atoms with Crippen LogP contribution in [0, 0.1) is 44.6 Å². The number of nitro benzene ring substituents is 1. The van der Waals surface area contributed by atoms with Gasteiger partial charge in [-0.3, -0.25) is 10.1 Å². The Morgan fingerprint density at radius 3 is 2.45 bits per heavy atom. The van der Waals surface area contributed by atoms with Crippen LogP contribution < -0.4 is 4.74 Å². The Bertz CT molecular complexity index is 777. The molecule has 0 heterocycles. The number of nitrogens with zero attached hydrogens (tertiary/aromatic N) is 1. The maximum Gasteiger partial charge on any atom is 0.269 e. The first-order valence-electron chi connectivity index (χ1n) is 11.8. The molecule has 0 saturated heterocycles. The molecule has 158 valence electrons. The summed E-state index contributed by atoms with van der Waals surface area (Å²) in [6.45, 7) is 5.14. The van der Waals surface area contributed by atoms with Crippen molar-refractivity contribution in [1.82, 2.24) is 0 Å². The van der Waals surface area contributed by atoms with E-state index in [0.717, 1.165) is 23.5 Å². The van der Waals surface area contributed by atoms with E-state index in [1.807, 2.05) is 0 Å². The second kappa shape index (κ2) is 6.99. The smallest absolute Gasteiger partial charge is 0.269 e. The lowest BCUT2D eigenvalue weighted by Crippen LogP contribution is -2.57. The van der Waals surface area contributed by atoms with Crippen LogP contribution in [0.4, 0.5) is 5.69 Å². The van der Waals surface area contributed by atoms with E-state index >= 15 is 0 Å². The topological polar surface area (TPSA) is 52.4 Å². The molecule has 4 nitrogen and oxygen atoms in total. The van der Waals surface area contributed by atoms with E-state index in [1.165, 1.54) is 64.2 Å². The van der Waals surface area contributed by atoms with Crippen LogP contribution in [0.25, 0.3) is 0 Å². The molecule has 4 aliphatic rings. The second-order valence-electron chi connectivity index (χ2n) is 11.0. The monoisotopic (exact) mass is 397 g/mol. The summed E-state index contributed by atoms with van der Waals surface area (Å²) < 4.78 is 6.63. The molecule has 5 rings (SSSR count). The molecule has 4 fully saturated rings. The van der Waals surface area contributed by atoms with Crippen molar-refractivity contribution in [2.45, 2.75) is 84.2 Å². The molecule has 4 heteroatoms. The number of fused-ring (bicyclic) bond motifs is 5. The maximum atomic E-state index is 11.0. The van der Waals surface area contributed by atoms with Gasteiger partial charge in [0, 0.05) is 18.1 Å². The van der Waals surface area contributed by atoms with Crippen molar-refractivity contribution in [3.05, 3.63) is 34.4 Å². The van der Waals surface area contributed by atoms with Crippen molar-refractivity contribution in [3.63, 3.8) is 0 Å². The van der Waals surface area contributed by atoms with Crippen LogP contribution in [-0.2, 0) is 0 Å². The Balaban J connectivity index is 1.44. The molecule has 0 aliphatic heterocycles. The maximum absolute atomic E-state index is 11.0. The average Bonchev–Trinajstić information content (AvgIpc) is 3.10. The van der Waals surface area contributed by atoms with Crippen LogP contribution in [0.15, 0.2) is 24.3 Å². The van der Waals surface area contributed by atoms with Crippen molar-refractivity contribution < 1.29 is 9.66 Å². The lowest BCUT2D eigenvalue weighted by atomic mass is 9.45. The predicted octanol–water partition coefficient (Wildman–Crippen LogP) is 6.78. The summed E-state index contributed by atoms with van der Waals surface area (Å²) in [7, 11) is 0. The van der Waals surface area contributed by atoms with Gasteiger partial charge in [-0.2, -0.15) is 0 Å². The van der Waals surface area contributed by atoms with Crippen molar-refractivity contribution >= 4 is 5.69 Å². The van der Waals surface area contributed by atoms with Gasteiger partial charge >= 0.3 is 0 Å². The van der Waals surface area contributed by atoms with Crippen LogP contribution in [0.5, 0.6) is 5.75 Å². The summed E-state index contributed by atoms with van der Waals surface area (Å²) >= 11 is 0. The van der Waals surface area contributed by atoms with Gasteiger partial charge in [-0.25, -0.2) is 0 Å². The third-order valence-corrected chi connectivity index (χ3v) is 9.68. The first-order valence-corrected chi connectivity index (χ1v) is 11.8. The van der Waals surface area contributed by atoms with Crippen LogP contribution in [0.3, 0.4) is 0 Å². The van der Waals surface area contributed by atoms with E-state index in [4.69, 9.17) is 4.74 Å². The van der Waals surface area contributed by atoms with Gasteiger partial charge in [0.2, 0.25) is 0 Å².